The Labute approximate surface area is 158 Å². The number of rotatable bonds is 6. The summed E-state index contributed by atoms with van der Waals surface area (Å²) in [4.78, 5) is 24.8. The molecule has 2 aromatic carbocycles. The number of hydrogen-bond acceptors (Lipinski definition) is 6. The Morgan fingerprint density at radius 2 is 1.96 bits per heavy atom. The zero-order valence-electron chi connectivity index (χ0n) is 15.3. The van der Waals surface area contributed by atoms with Gasteiger partial charge in [-0.15, -0.1) is 0 Å². The SMILES string of the molecule is COC(=O)c1cccc(CN2CCC(Nc3ccccc3[N+](=O)[O-])CC2)c1. The molecular weight excluding hydrogens is 346 g/mol. The molecule has 0 saturated carbocycles. The largest absolute Gasteiger partial charge is 0.465 e. The standard InChI is InChI=1S/C20H23N3O4/c1-27-20(24)16-6-4-5-15(13-16)14-22-11-9-17(10-12-22)21-18-7-2-3-8-19(18)23(25)26/h2-8,13,17,21H,9-12,14H2,1H3. The highest BCUT2D eigenvalue weighted by atomic mass is 16.6. The van der Waals surface area contributed by atoms with Crippen molar-refractivity contribution in [2.45, 2.75) is 25.4 Å². The molecule has 1 fully saturated rings. The first-order chi connectivity index (χ1) is 13.1. The van der Waals surface area contributed by atoms with Gasteiger partial charge in [-0.2, -0.15) is 0 Å². The van der Waals surface area contributed by atoms with E-state index in [0.29, 0.717) is 11.3 Å². The molecule has 7 nitrogen and oxygen atoms in total. The van der Waals surface area contributed by atoms with Crippen LogP contribution in [0, 0.1) is 10.1 Å². The van der Waals surface area contributed by atoms with Gasteiger partial charge in [0.25, 0.3) is 5.69 Å². The fourth-order valence-corrected chi connectivity index (χ4v) is 3.38. The Bertz CT molecular complexity index is 816. The zero-order chi connectivity index (χ0) is 19.2. The molecule has 0 radical (unpaired) electrons. The average Bonchev–Trinajstić information content (AvgIpc) is 2.69. The van der Waals surface area contributed by atoms with Gasteiger partial charge in [-0.25, -0.2) is 4.79 Å². The minimum absolute atomic E-state index is 0.111. The van der Waals surface area contributed by atoms with Crippen molar-refractivity contribution in [1.82, 2.24) is 4.90 Å². The second-order valence-electron chi connectivity index (χ2n) is 6.66. The lowest BCUT2D eigenvalue weighted by atomic mass is 10.0. The molecule has 0 aliphatic carbocycles. The highest BCUT2D eigenvalue weighted by Crippen LogP contribution is 2.26. The van der Waals surface area contributed by atoms with E-state index in [2.05, 4.69) is 10.2 Å². The zero-order valence-corrected chi connectivity index (χ0v) is 15.3. The quantitative estimate of drug-likeness (QED) is 0.477. The van der Waals surface area contributed by atoms with Gasteiger partial charge in [0, 0.05) is 31.7 Å². The van der Waals surface area contributed by atoms with Gasteiger partial charge in [0.1, 0.15) is 5.69 Å². The smallest absolute Gasteiger partial charge is 0.337 e. The maximum Gasteiger partial charge on any atom is 0.337 e. The highest BCUT2D eigenvalue weighted by Gasteiger charge is 2.22. The summed E-state index contributed by atoms with van der Waals surface area (Å²) < 4.78 is 4.77. The minimum atomic E-state index is -0.355. The lowest BCUT2D eigenvalue weighted by molar-refractivity contribution is -0.384. The van der Waals surface area contributed by atoms with Crippen LogP contribution in [0.2, 0.25) is 0 Å². The van der Waals surface area contributed by atoms with Gasteiger partial charge in [0.15, 0.2) is 0 Å². The lowest BCUT2D eigenvalue weighted by Gasteiger charge is -2.32. The Kier molecular flexibility index (Phi) is 6.03. The Morgan fingerprint density at radius 1 is 1.22 bits per heavy atom. The number of nitrogens with zero attached hydrogens (tertiary/aromatic N) is 2. The van der Waals surface area contributed by atoms with Crippen molar-refractivity contribution >= 4 is 17.3 Å². The molecule has 2 aromatic rings. The summed E-state index contributed by atoms with van der Waals surface area (Å²) in [6.07, 6.45) is 1.81. The molecule has 0 amide bonds. The minimum Gasteiger partial charge on any atom is -0.465 e. The molecule has 1 aliphatic heterocycles. The predicted octanol–water partition coefficient (Wildman–Crippen LogP) is 3.46. The predicted molar refractivity (Wildman–Crippen MR) is 103 cm³/mol. The maximum atomic E-state index is 11.7. The first-order valence-electron chi connectivity index (χ1n) is 8.96. The van der Waals surface area contributed by atoms with Gasteiger partial charge >= 0.3 is 5.97 Å². The summed E-state index contributed by atoms with van der Waals surface area (Å²) in [5, 5.41) is 14.5. The fraction of sp³-hybridized carbons (Fsp3) is 0.350. The molecule has 0 unspecified atom stereocenters. The van der Waals surface area contributed by atoms with Crippen LogP contribution in [0.4, 0.5) is 11.4 Å². The summed E-state index contributed by atoms with van der Waals surface area (Å²) in [5.41, 5.74) is 2.32. The molecule has 142 valence electrons. The van der Waals surface area contributed by atoms with Crippen molar-refractivity contribution in [1.29, 1.82) is 0 Å². The molecule has 0 atom stereocenters. The highest BCUT2D eigenvalue weighted by molar-refractivity contribution is 5.89. The van der Waals surface area contributed by atoms with E-state index >= 15 is 0 Å². The van der Waals surface area contributed by atoms with Crippen LogP contribution in [0.15, 0.2) is 48.5 Å². The molecule has 0 bridgehead atoms. The third kappa shape index (κ3) is 4.83. The first-order valence-corrected chi connectivity index (χ1v) is 8.96. The Morgan fingerprint density at radius 3 is 2.67 bits per heavy atom. The second kappa shape index (κ2) is 8.64. The van der Waals surface area contributed by atoms with E-state index in [0.717, 1.165) is 38.0 Å². The average molecular weight is 369 g/mol. The van der Waals surface area contributed by atoms with Gasteiger partial charge in [0.05, 0.1) is 17.6 Å². The van der Waals surface area contributed by atoms with Gasteiger partial charge in [-0.1, -0.05) is 24.3 Å². The van der Waals surface area contributed by atoms with Gasteiger partial charge in [-0.05, 0) is 36.6 Å². The van der Waals surface area contributed by atoms with Crippen LogP contribution in [0.5, 0.6) is 0 Å². The van der Waals surface area contributed by atoms with Crippen LogP contribution in [0.3, 0.4) is 0 Å². The van der Waals surface area contributed by atoms with E-state index in [1.165, 1.54) is 13.2 Å². The molecular formula is C20H23N3O4. The number of para-hydroxylation sites is 2. The van der Waals surface area contributed by atoms with Crippen molar-refractivity contribution in [3.63, 3.8) is 0 Å². The summed E-state index contributed by atoms with van der Waals surface area (Å²) in [6, 6.07) is 14.4. The number of ether oxygens (including phenoxy) is 1. The number of esters is 1. The number of nitro benzene ring substituents is 1. The summed E-state index contributed by atoms with van der Waals surface area (Å²) >= 11 is 0. The van der Waals surface area contributed by atoms with Crippen molar-refractivity contribution in [3.05, 3.63) is 69.8 Å². The number of nitro groups is 1. The number of benzene rings is 2. The number of likely N-dealkylation sites (tertiary alicyclic amines) is 1. The Hall–Kier alpha value is -2.93. The summed E-state index contributed by atoms with van der Waals surface area (Å²) in [6.45, 7) is 2.55. The molecule has 7 heteroatoms. The topological polar surface area (TPSA) is 84.7 Å². The van der Waals surface area contributed by atoms with Gasteiger partial charge in [-0.3, -0.25) is 15.0 Å². The molecule has 3 rings (SSSR count). The number of piperidine rings is 1. The monoisotopic (exact) mass is 369 g/mol. The van der Waals surface area contributed by atoms with E-state index in [1.807, 2.05) is 18.2 Å². The molecule has 27 heavy (non-hydrogen) atoms. The van der Waals surface area contributed by atoms with E-state index < -0.39 is 0 Å². The van der Waals surface area contributed by atoms with Crippen molar-refractivity contribution in [3.8, 4) is 0 Å². The third-order valence-electron chi connectivity index (χ3n) is 4.80. The molecule has 1 N–H and O–H groups in total. The number of carbonyl (C=O) groups excluding carboxylic acids is 1. The third-order valence-corrected chi connectivity index (χ3v) is 4.80. The first kappa shape index (κ1) is 18.8. The maximum absolute atomic E-state index is 11.7. The molecule has 1 aliphatic rings. The van der Waals surface area contributed by atoms with E-state index in [1.54, 1.807) is 24.3 Å². The van der Waals surface area contributed by atoms with Gasteiger partial charge < -0.3 is 10.1 Å². The lowest BCUT2D eigenvalue weighted by Crippen LogP contribution is -2.38. The molecule has 1 heterocycles. The van der Waals surface area contributed by atoms with Crippen molar-refractivity contribution in [2.75, 3.05) is 25.5 Å². The number of carbonyl (C=O) groups is 1. The number of methoxy groups -OCH3 is 1. The van der Waals surface area contributed by atoms with Crippen LogP contribution < -0.4 is 5.32 Å². The normalized spacial score (nSPS) is 15.3. The fourth-order valence-electron chi connectivity index (χ4n) is 3.38. The van der Waals surface area contributed by atoms with Crippen LogP contribution in [-0.4, -0.2) is 42.0 Å². The number of nitrogens with one attached hydrogen (secondary N) is 1. The summed E-state index contributed by atoms with van der Waals surface area (Å²) in [7, 11) is 1.38. The number of hydrogen-bond donors (Lipinski definition) is 1. The van der Waals surface area contributed by atoms with Gasteiger partial charge in [0.2, 0.25) is 0 Å². The molecule has 0 aromatic heterocycles. The van der Waals surface area contributed by atoms with E-state index in [9.17, 15) is 14.9 Å². The molecule has 1 saturated heterocycles. The van der Waals surface area contributed by atoms with E-state index in [4.69, 9.17) is 4.74 Å². The molecule has 0 spiro atoms. The van der Waals surface area contributed by atoms with Crippen LogP contribution >= 0.6 is 0 Å². The second-order valence-corrected chi connectivity index (χ2v) is 6.66. The van der Waals surface area contributed by atoms with Crippen LogP contribution in [0.25, 0.3) is 0 Å². The number of anilines is 1. The van der Waals surface area contributed by atoms with Crippen molar-refractivity contribution in [2.24, 2.45) is 0 Å². The van der Waals surface area contributed by atoms with Crippen LogP contribution in [0.1, 0.15) is 28.8 Å². The summed E-state index contributed by atoms with van der Waals surface area (Å²) in [5.74, 6) is -0.329. The Balaban J connectivity index is 1.55. The van der Waals surface area contributed by atoms with E-state index in [-0.39, 0.29) is 22.6 Å². The van der Waals surface area contributed by atoms with Crippen molar-refractivity contribution < 1.29 is 14.5 Å². The van der Waals surface area contributed by atoms with Crippen LogP contribution in [-0.2, 0) is 11.3 Å².